The van der Waals surface area contributed by atoms with Crippen molar-refractivity contribution in [2.45, 2.75) is 26.7 Å². The summed E-state index contributed by atoms with van der Waals surface area (Å²) in [7, 11) is 0. The molecule has 0 unspecified atom stereocenters. The van der Waals surface area contributed by atoms with E-state index in [2.05, 4.69) is 10.3 Å². The van der Waals surface area contributed by atoms with E-state index in [1.807, 2.05) is 6.92 Å². The molecule has 0 aromatic carbocycles. The summed E-state index contributed by atoms with van der Waals surface area (Å²) in [6, 6.07) is 2.72. The van der Waals surface area contributed by atoms with E-state index in [4.69, 9.17) is 0 Å². The first kappa shape index (κ1) is 11.8. The van der Waals surface area contributed by atoms with Crippen LogP contribution in [0.4, 0.5) is 10.5 Å². The fourth-order valence-corrected chi connectivity index (χ4v) is 2.38. The van der Waals surface area contributed by atoms with Crippen molar-refractivity contribution >= 4 is 23.5 Å². The summed E-state index contributed by atoms with van der Waals surface area (Å²) >= 11 is 0. The standard InChI is InChI=1S/C13H13N3O3/c1-7-3-4-9(8(2)14-7)16-11(18)13(5-6-13)10(17)15-12(16)19/h3-4H,5-6H2,1-2H3,(H,15,17,19). The van der Waals surface area contributed by atoms with E-state index >= 15 is 0 Å². The van der Waals surface area contributed by atoms with E-state index in [0.29, 0.717) is 24.2 Å². The molecule has 1 saturated heterocycles. The minimum absolute atomic E-state index is 0.435. The molecule has 1 aliphatic carbocycles. The summed E-state index contributed by atoms with van der Waals surface area (Å²) in [4.78, 5) is 41.3. The van der Waals surface area contributed by atoms with Crippen LogP contribution in [0.15, 0.2) is 12.1 Å². The predicted octanol–water partition coefficient (Wildman–Crippen LogP) is 1.06. The van der Waals surface area contributed by atoms with Crippen molar-refractivity contribution in [3.8, 4) is 0 Å². The van der Waals surface area contributed by atoms with Crippen molar-refractivity contribution in [1.82, 2.24) is 10.3 Å². The van der Waals surface area contributed by atoms with Gasteiger partial charge in [0.05, 0.1) is 11.4 Å². The molecular weight excluding hydrogens is 246 g/mol. The Morgan fingerprint density at radius 3 is 2.47 bits per heavy atom. The lowest BCUT2D eigenvalue weighted by atomic mass is 10.0. The smallest absolute Gasteiger partial charge is 0.276 e. The Hall–Kier alpha value is -2.24. The molecule has 1 aliphatic heterocycles. The quantitative estimate of drug-likeness (QED) is 0.765. The highest BCUT2D eigenvalue weighted by molar-refractivity contribution is 6.31. The van der Waals surface area contributed by atoms with Crippen molar-refractivity contribution in [3.05, 3.63) is 23.5 Å². The van der Waals surface area contributed by atoms with E-state index in [9.17, 15) is 14.4 Å². The normalized spacial score (nSPS) is 20.7. The van der Waals surface area contributed by atoms with Gasteiger partial charge in [-0.1, -0.05) is 0 Å². The van der Waals surface area contributed by atoms with Gasteiger partial charge in [-0.2, -0.15) is 0 Å². The number of hydrogen-bond acceptors (Lipinski definition) is 4. The molecule has 1 N–H and O–H groups in total. The lowest BCUT2D eigenvalue weighted by Crippen LogP contribution is -2.59. The summed E-state index contributed by atoms with van der Waals surface area (Å²) in [5.74, 6) is -0.911. The molecule has 1 aromatic rings. The maximum atomic E-state index is 12.4. The topological polar surface area (TPSA) is 79.4 Å². The first-order valence-corrected chi connectivity index (χ1v) is 6.10. The van der Waals surface area contributed by atoms with Crippen LogP contribution in [-0.4, -0.2) is 22.8 Å². The fourth-order valence-electron chi connectivity index (χ4n) is 2.38. The Morgan fingerprint density at radius 1 is 1.21 bits per heavy atom. The number of urea groups is 1. The maximum Gasteiger partial charge on any atom is 0.335 e. The van der Waals surface area contributed by atoms with Crippen LogP contribution in [-0.2, 0) is 9.59 Å². The number of anilines is 1. The minimum atomic E-state index is -1.02. The molecule has 6 nitrogen and oxygen atoms in total. The number of rotatable bonds is 1. The third-order valence-electron chi connectivity index (χ3n) is 3.66. The second-order valence-corrected chi connectivity index (χ2v) is 5.04. The van der Waals surface area contributed by atoms with Crippen molar-refractivity contribution in [3.63, 3.8) is 0 Å². The van der Waals surface area contributed by atoms with Crippen LogP contribution in [0, 0.1) is 19.3 Å². The molecule has 0 bridgehead atoms. The van der Waals surface area contributed by atoms with Crippen LogP contribution in [0.5, 0.6) is 0 Å². The van der Waals surface area contributed by atoms with Crippen LogP contribution in [0.25, 0.3) is 0 Å². The van der Waals surface area contributed by atoms with Crippen molar-refractivity contribution in [2.24, 2.45) is 5.41 Å². The Kier molecular flexibility index (Phi) is 2.26. The SMILES string of the molecule is Cc1ccc(N2C(=O)NC(=O)C3(CC3)C2=O)c(C)n1. The Bertz CT molecular complexity index is 620. The summed E-state index contributed by atoms with van der Waals surface area (Å²) in [5.41, 5.74) is 0.814. The number of imide groups is 2. The third kappa shape index (κ3) is 1.56. The number of hydrogen-bond donors (Lipinski definition) is 1. The Labute approximate surface area is 109 Å². The Balaban J connectivity index is 2.06. The summed E-state index contributed by atoms with van der Waals surface area (Å²) in [6.45, 7) is 3.57. The molecule has 1 spiro atoms. The van der Waals surface area contributed by atoms with Gasteiger partial charge in [0, 0.05) is 5.69 Å². The zero-order chi connectivity index (χ0) is 13.8. The second kappa shape index (κ2) is 3.63. The molecule has 2 heterocycles. The van der Waals surface area contributed by atoms with E-state index < -0.39 is 23.3 Å². The van der Waals surface area contributed by atoms with Gasteiger partial charge in [-0.3, -0.25) is 19.9 Å². The monoisotopic (exact) mass is 259 g/mol. The van der Waals surface area contributed by atoms with Gasteiger partial charge in [0.2, 0.25) is 5.91 Å². The summed E-state index contributed by atoms with van der Waals surface area (Å²) in [5, 5.41) is 2.25. The molecule has 0 radical (unpaired) electrons. The number of pyridine rings is 1. The van der Waals surface area contributed by atoms with E-state index in [1.54, 1.807) is 19.1 Å². The lowest BCUT2D eigenvalue weighted by molar-refractivity contribution is -0.136. The lowest BCUT2D eigenvalue weighted by Gasteiger charge is -2.30. The van der Waals surface area contributed by atoms with Gasteiger partial charge in [0.1, 0.15) is 5.41 Å². The number of carbonyl (C=O) groups excluding carboxylic acids is 3. The molecule has 2 fully saturated rings. The molecule has 0 atom stereocenters. The molecule has 98 valence electrons. The Morgan fingerprint density at radius 2 is 1.89 bits per heavy atom. The minimum Gasteiger partial charge on any atom is -0.276 e. The molecule has 3 rings (SSSR count). The molecule has 1 saturated carbocycles. The zero-order valence-electron chi connectivity index (χ0n) is 10.7. The highest BCUT2D eigenvalue weighted by Gasteiger charge is 2.62. The number of nitrogens with zero attached hydrogens (tertiary/aromatic N) is 2. The van der Waals surface area contributed by atoms with Crippen LogP contribution in [0.2, 0.25) is 0 Å². The summed E-state index contributed by atoms with van der Waals surface area (Å²) in [6.07, 6.45) is 1.000. The number of amides is 4. The number of aryl methyl sites for hydroxylation is 2. The van der Waals surface area contributed by atoms with Gasteiger partial charge in [0.25, 0.3) is 5.91 Å². The van der Waals surface area contributed by atoms with Gasteiger partial charge in [-0.25, -0.2) is 9.69 Å². The molecule has 6 heteroatoms. The van der Waals surface area contributed by atoms with Gasteiger partial charge in [-0.05, 0) is 38.8 Å². The van der Waals surface area contributed by atoms with Crippen LogP contribution in [0.3, 0.4) is 0 Å². The third-order valence-corrected chi connectivity index (χ3v) is 3.66. The number of aromatic nitrogens is 1. The van der Waals surface area contributed by atoms with Crippen LogP contribution in [0.1, 0.15) is 24.2 Å². The first-order chi connectivity index (χ1) is 8.95. The van der Waals surface area contributed by atoms with Crippen LogP contribution < -0.4 is 10.2 Å². The highest BCUT2D eigenvalue weighted by Crippen LogP contribution is 2.49. The van der Waals surface area contributed by atoms with Gasteiger partial charge >= 0.3 is 6.03 Å². The summed E-state index contributed by atoms with van der Waals surface area (Å²) < 4.78 is 0. The van der Waals surface area contributed by atoms with Gasteiger partial charge in [-0.15, -0.1) is 0 Å². The van der Waals surface area contributed by atoms with E-state index in [-0.39, 0.29) is 0 Å². The number of barbiturate groups is 1. The van der Waals surface area contributed by atoms with Crippen LogP contribution >= 0.6 is 0 Å². The molecule has 1 aromatic heterocycles. The molecular formula is C13H13N3O3. The number of nitrogens with one attached hydrogen (secondary N) is 1. The maximum absolute atomic E-state index is 12.4. The van der Waals surface area contributed by atoms with Crippen molar-refractivity contribution in [1.29, 1.82) is 0 Å². The van der Waals surface area contributed by atoms with Crippen molar-refractivity contribution < 1.29 is 14.4 Å². The van der Waals surface area contributed by atoms with Gasteiger partial charge < -0.3 is 0 Å². The molecule has 2 aliphatic rings. The molecule has 4 amide bonds. The first-order valence-electron chi connectivity index (χ1n) is 6.10. The van der Waals surface area contributed by atoms with E-state index in [1.165, 1.54) is 0 Å². The predicted molar refractivity (Wildman–Crippen MR) is 66.4 cm³/mol. The average Bonchev–Trinajstić information content (AvgIpc) is 3.11. The fraction of sp³-hybridized carbons (Fsp3) is 0.385. The average molecular weight is 259 g/mol. The highest BCUT2D eigenvalue weighted by atomic mass is 16.2. The second-order valence-electron chi connectivity index (χ2n) is 5.04. The van der Waals surface area contributed by atoms with E-state index in [0.717, 1.165) is 10.6 Å². The number of carbonyl (C=O) groups is 3. The largest absolute Gasteiger partial charge is 0.335 e. The molecule has 19 heavy (non-hydrogen) atoms. The van der Waals surface area contributed by atoms with Gasteiger partial charge in [0.15, 0.2) is 0 Å². The zero-order valence-corrected chi connectivity index (χ0v) is 10.7. The van der Waals surface area contributed by atoms with Crippen molar-refractivity contribution in [2.75, 3.05) is 4.90 Å².